The van der Waals surface area contributed by atoms with Crippen molar-refractivity contribution in [3.63, 3.8) is 0 Å². The van der Waals surface area contributed by atoms with Crippen molar-refractivity contribution in [2.24, 2.45) is 0 Å². The minimum Gasteiger partial charge on any atom is -0.274 e. The van der Waals surface area contributed by atoms with Crippen molar-refractivity contribution < 1.29 is 22.4 Å². The Labute approximate surface area is 202 Å². The predicted octanol–water partition coefficient (Wildman–Crippen LogP) is 4.50. The van der Waals surface area contributed by atoms with Crippen LogP contribution in [0.4, 0.5) is 10.1 Å². The molecule has 0 N–H and O–H groups in total. The van der Waals surface area contributed by atoms with Crippen molar-refractivity contribution in [1.29, 1.82) is 0 Å². The Morgan fingerprint density at radius 3 is 2.20 bits per heavy atom. The van der Waals surface area contributed by atoms with Gasteiger partial charge in [0.2, 0.25) is 15.9 Å². The molecule has 8 heteroatoms. The first-order valence-electron chi connectivity index (χ1n) is 11.0. The molecule has 0 radical (unpaired) electrons. The summed E-state index contributed by atoms with van der Waals surface area (Å²) in [6, 6.07) is 24.8. The standard InChI is InChI=1S/C27H21FN2O4S/c28-22-11-13-23(14-12-22)30-26(31)17-25(27(30)32)29(18-19-6-2-1-3-7-19)35(33,34)24-15-10-20-8-4-5-9-21(20)16-24/h1-16,25H,17-18H2. The Kier molecular flexibility index (Phi) is 5.92. The summed E-state index contributed by atoms with van der Waals surface area (Å²) < 4.78 is 42.3. The lowest BCUT2D eigenvalue weighted by Gasteiger charge is -2.27. The van der Waals surface area contributed by atoms with E-state index in [1.165, 1.54) is 18.2 Å². The Balaban J connectivity index is 1.57. The molecule has 4 aromatic carbocycles. The number of fused-ring (bicyclic) bond motifs is 1. The third kappa shape index (κ3) is 4.34. The fourth-order valence-corrected chi connectivity index (χ4v) is 5.90. The van der Waals surface area contributed by atoms with Gasteiger partial charge in [-0.15, -0.1) is 0 Å². The van der Waals surface area contributed by atoms with Gasteiger partial charge in [0.05, 0.1) is 17.0 Å². The van der Waals surface area contributed by atoms with Gasteiger partial charge in [-0.2, -0.15) is 4.31 Å². The Morgan fingerprint density at radius 2 is 1.49 bits per heavy atom. The molecule has 1 unspecified atom stereocenters. The van der Waals surface area contributed by atoms with E-state index in [4.69, 9.17) is 0 Å². The van der Waals surface area contributed by atoms with Gasteiger partial charge in [-0.05, 0) is 52.7 Å². The Hall–Kier alpha value is -3.88. The molecule has 1 aliphatic rings. The van der Waals surface area contributed by atoms with Crippen LogP contribution in [-0.4, -0.2) is 30.6 Å². The molecule has 6 nitrogen and oxygen atoms in total. The molecule has 0 aromatic heterocycles. The van der Waals surface area contributed by atoms with Crippen molar-refractivity contribution in [2.45, 2.75) is 23.9 Å². The third-order valence-corrected chi connectivity index (χ3v) is 7.91. The van der Waals surface area contributed by atoms with Crippen molar-refractivity contribution in [3.8, 4) is 0 Å². The number of anilines is 1. The number of halogens is 1. The average molecular weight is 489 g/mol. The van der Waals surface area contributed by atoms with Crippen LogP contribution in [0.3, 0.4) is 0 Å². The molecule has 4 aromatic rings. The highest BCUT2D eigenvalue weighted by molar-refractivity contribution is 7.89. The third-order valence-electron chi connectivity index (χ3n) is 6.06. The molecule has 5 rings (SSSR count). The summed E-state index contributed by atoms with van der Waals surface area (Å²) in [5.74, 6) is -1.71. The fourth-order valence-electron chi connectivity index (χ4n) is 4.29. The minimum absolute atomic E-state index is 0.0348. The second kappa shape index (κ2) is 9.05. The summed E-state index contributed by atoms with van der Waals surface area (Å²) in [6.07, 6.45) is -0.310. The average Bonchev–Trinajstić information content (AvgIpc) is 3.16. The SMILES string of the molecule is O=C1CC(N(Cc2ccccc2)S(=O)(=O)c2ccc3ccccc3c2)C(=O)N1c1ccc(F)cc1. The molecular formula is C27H21FN2O4S. The molecule has 1 saturated heterocycles. The van der Waals surface area contributed by atoms with E-state index in [9.17, 15) is 22.4 Å². The molecule has 0 saturated carbocycles. The molecule has 0 spiro atoms. The number of imide groups is 1. The number of amides is 2. The number of nitrogens with zero attached hydrogens (tertiary/aromatic N) is 2. The zero-order valence-electron chi connectivity index (χ0n) is 18.5. The first-order chi connectivity index (χ1) is 16.8. The smallest absolute Gasteiger partial charge is 0.252 e. The maximum Gasteiger partial charge on any atom is 0.252 e. The van der Waals surface area contributed by atoms with Crippen LogP contribution in [-0.2, 0) is 26.2 Å². The van der Waals surface area contributed by atoms with Crippen molar-refractivity contribution in [3.05, 3.63) is 108 Å². The van der Waals surface area contributed by atoms with E-state index in [0.717, 1.165) is 32.1 Å². The summed E-state index contributed by atoms with van der Waals surface area (Å²) in [4.78, 5) is 27.3. The summed E-state index contributed by atoms with van der Waals surface area (Å²) in [5.41, 5.74) is 0.879. The van der Waals surface area contributed by atoms with E-state index >= 15 is 0 Å². The zero-order valence-corrected chi connectivity index (χ0v) is 19.4. The molecule has 35 heavy (non-hydrogen) atoms. The van der Waals surface area contributed by atoms with Crippen LogP contribution in [0, 0.1) is 5.82 Å². The molecule has 1 heterocycles. The normalized spacial score (nSPS) is 16.4. The molecule has 0 bridgehead atoms. The first-order valence-corrected chi connectivity index (χ1v) is 12.5. The number of hydrogen-bond acceptors (Lipinski definition) is 4. The molecule has 2 amide bonds. The van der Waals surface area contributed by atoms with Gasteiger partial charge in [-0.3, -0.25) is 9.59 Å². The van der Waals surface area contributed by atoms with Crippen LogP contribution >= 0.6 is 0 Å². The number of carbonyl (C=O) groups excluding carboxylic acids is 2. The summed E-state index contributed by atoms with van der Waals surface area (Å²) >= 11 is 0. The molecule has 1 atom stereocenters. The predicted molar refractivity (Wildman–Crippen MR) is 130 cm³/mol. The molecule has 1 fully saturated rings. The van der Waals surface area contributed by atoms with E-state index in [-0.39, 0.29) is 23.5 Å². The highest BCUT2D eigenvalue weighted by atomic mass is 32.2. The lowest BCUT2D eigenvalue weighted by atomic mass is 10.1. The maximum atomic E-state index is 13.9. The summed E-state index contributed by atoms with van der Waals surface area (Å²) in [7, 11) is -4.17. The zero-order chi connectivity index (χ0) is 24.6. The van der Waals surface area contributed by atoms with Gasteiger partial charge < -0.3 is 0 Å². The van der Waals surface area contributed by atoms with E-state index < -0.39 is 33.7 Å². The van der Waals surface area contributed by atoms with E-state index in [1.54, 1.807) is 36.4 Å². The van der Waals surface area contributed by atoms with Gasteiger partial charge in [0, 0.05) is 6.54 Å². The minimum atomic E-state index is -4.17. The molecule has 1 aliphatic heterocycles. The number of hydrogen-bond donors (Lipinski definition) is 0. The largest absolute Gasteiger partial charge is 0.274 e. The molecule has 176 valence electrons. The van der Waals surface area contributed by atoms with E-state index in [1.807, 2.05) is 30.3 Å². The quantitative estimate of drug-likeness (QED) is 0.375. The number of carbonyl (C=O) groups is 2. The number of sulfonamides is 1. The molecule has 0 aliphatic carbocycles. The molecular weight excluding hydrogens is 467 g/mol. The van der Waals surface area contributed by atoms with Crippen molar-refractivity contribution >= 4 is 38.3 Å². The Morgan fingerprint density at radius 1 is 0.829 bits per heavy atom. The number of rotatable bonds is 6. The van der Waals surface area contributed by atoms with Gasteiger partial charge in [-0.1, -0.05) is 60.7 Å². The van der Waals surface area contributed by atoms with Crippen LogP contribution < -0.4 is 4.90 Å². The van der Waals surface area contributed by atoms with Gasteiger partial charge in [0.15, 0.2) is 0 Å². The monoisotopic (exact) mass is 488 g/mol. The van der Waals surface area contributed by atoms with Crippen LogP contribution in [0.5, 0.6) is 0 Å². The highest BCUT2D eigenvalue weighted by Gasteiger charge is 2.47. The topological polar surface area (TPSA) is 74.8 Å². The van der Waals surface area contributed by atoms with E-state index in [2.05, 4.69) is 0 Å². The van der Waals surface area contributed by atoms with Crippen LogP contribution in [0.25, 0.3) is 10.8 Å². The maximum absolute atomic E-state index is 13.9. The van der Waals surface area contributed by atoms with Gasteiger partial charge in [-0.25, -0.2) is 17.7 Å². The van der Waals surface area contributed by atoms with Crippen LogP contribution in [0.1, 0.15) is 12.0 Å². The Bertz CT molecular complexity index is 1520. The van der Waals surface area contributed by atoms with Crippen LogP contribution in [0.2, 0.25) is 0 Å². The lowest BCUT2D eigenvalue weighted by molar-refractivity contribution is -0.122. The van der Waals surface area contributed by atoms with Gasteiger partial charge in [0.1, 0.15) is 11.9 Å². The van der Waals surface area contributed by atoms with Crippen LogP contribution in [0.15, 0.2) is 102 Å². The van der Waals surface area contributed by atoms with Crippen molar-refractivity contribution in [2.75, 3.05) is 4.90 Å². The van der Waals surface area contributed by atoms with Crippen molar-refractivity contribution in [1.82, 2.24) is 4.31 Å². The second-order valence-electron chi connectivity index (χ2n) is 8.31. The summed E-state index contributed by atoms with van der Waals surface area (Å²) in [5, 5.41) is 1.63. The van der Waals surface area contributed by atoms with Gasteiger partial charge in [0.25, 0.3) is 5.91 Å². The first kappa shape index (κ1) is 22.9. The lowest BCUT2D eigenvalue weighted by Crippen LogP contribution is -2.45. The van der Waals surface area contributed by atoms with E-state index in [0.29, 0.717) is 5.56 Å². The highest BCUT2D eigenvalue weighted by Crippen LogP contribution is 2.31. The second-order valence-corrected chi connectivity index (χ2v) is 10.2. The summed E-state index contributed by atoms with van der Waals surface area (Å²) in [6.45, 7) is -0.0864. The number of benzene rings is 4. The van der Waals surface area contributed by atoms with Gasteiger partial charge >= 0.3 is 0 Å². The fraction of sp³-hybridized carbons (Fsp3) is 0.111.